The number of carbonyl (C=O) groups is 3. The third-order valence-corrected chi connectivity index (χ3v) is 4.25. The summed E-state index contributed by atoms with van der Waals surface area (Å²) in [6.45, 7) is 2.51. The highest BCUT2D eigenvalue weighted by atomic mass is 16.3. The summed E-state index contributed by atoms with van der Waals surface area (Å²) in [6, 6.07) is 5.71. The van der Waals surface area contributed by atoms with Crippen molar-refractivity contribution in [3.05, 3.63) is 29.8 Å². The molecule has 7 heteroatoms. The number of carbonyl (C=O) groups excluding carboxylic acids is 3. The van der Waals surface area contributed by atoms with E-state index in [2.05, 4.69) is 17.6 Å². The number of rotatable bonds is 13. The number of unbranched alkanes of at least 4 members (excludes halogenated alkanes) is 4. The van der Waals surface area contributed by atoms with Crippen LogP contribution in [0.2, 0.25) is 0 Å². The number of benzene rings is 1. The Morgan fingerprint density at radius 3 is 2.33 bits per heavy atom. The van der Waals surface area contributed by atoms with Gasteiger partial charge in [0.15, 0.2) is 0 Å². The minimum Gasteiger partial charge on any atom is -0.508 e. The Morgan fingerprint density at radius 1 is 1.04 bits per heavy atom. The fourth-order valence-electron chi connectivity index (χ4n) is 2.64. The van der Waals surface area contributed by atoms with Crippen molar-refractivity contribution in [1.29, 1.82) is 0 Å². The molecule has 1 atom stereocenters. The number of primary amides is 1. The Labute approximate surface area is 160 Å². The zero-order valence-corrected chi connectivity index (χ0v) is 16.0. The SMILES string of the molecule is CCCCCCCC(=O)N[C@H](CC(=O)NCCc1ccc(O)cc1)C(N)=O. The standard InChI is InChI=1S/C20H31N3O4/c1-2-3-4-5-6-7-18(25)23-17(20(21)27)14-19(26)22-13-12-15-8-10-16(24)11-9-15/h8-11,17,24H,2-7,12-14H2,1H3,(H2,21,27)(H,22,26)(H,23,25)/t17-/m1/s1. The lowest BCUT2D eigenvalue weighted by atomic mass is 10.1. The predicted octanol–water partition coefficient (Wildman–Crippen LogP) is 1.77. The minimum atomic E-state index is -0.998. The van der Waals surface area contributed by atoms with E-state index in [1.165, 1.54) is 0 Å². The summed E-state index contributed by atoms with van der Waals surface area (Å²) in [5, 5.41) is 14.5. The largest absolute Gasteiger partial charge is 0.508 e. The molecule has 0 aliphatic rings. The summed E-state index contributed by atoms with van der Waals surface area (Å²) in [4.78, 5) is 35.5. The van der Waals surface area contributed by atoms with Gasteiger partial charge in [-0.1, -0.05) is 44.7 Å². The second-order valence-electron chi connectivity index (χ2n) is 6.66. The minimum absolute atomic E-state index is 0.174. The predicted molar refractivity (Wildman–Crippen MR) is 104 cm³/mol. The van der Waals surface area contributed by atoms with Gasteiger partial charge in [0.1, 0.15) is 11.8 Å². The second kappa shape index (κ2) is 12.7. The lowest BCUT2D eigenvalue weighted by Gasteiger charge is -2.15. The van der Waals surface area contributed by atoms with Crippen LogP contribution in [0.4, 0.5) is 0 Å². The normalized spacial score (nSPS) is 11.6. The molecule has 27 heavy (non-hydrogen) atoms. The van der Waals surface area contributed by atoms with Crippen molar-refractivity contribution >= 4 is 17.7 Å². The maximum Gasteiger partial charge on any atom is 0.240 e. The first-order valence-corrected chi connectivity index (χ1v) is 9.55. The summed E-state index contributed by atoms with van der Waals surface area (Å²) in [7, 11) is 0. The molecule has 150 valence electrons. The Hall–Kier alpha value is -2.57. The number of phenolic OH excluding ortho intramolecular Hbond substituents is 1. The third-order valence-electron chi connectivity index (χ3n) is 4.25. The lowest BCUT2D eigenvalue weighted by molar-refractivity contribution is -0.130. The molecule has 5 N–H and O–H groups in total. The molecule has 0 aliphatic carbocycles. The molecule has 7 nitrogen and oxygen atoms in total. The van der Waals surface area contributed by atoms with Gasteiger partial charge in [0.2, 0.25) is 17.7 Å². The average Bonchev–Trinajstić information content (AvgIpc) is 2.62. The Morgan fingerprint density at radius 2 is 1.70 bits per heavy atom. The van der Waals surface area contributed by atoms with Gasteiger partial charge in [0.25, 0.3) is 0 Å². The van der Waals surface area contributed by atoms with E-state index in [9.17, 15) is 19.5 Å². The summed E-state index contributed by atoms with van der Waals surface area (Å²) < 4.78 is 0. The van der Waals surface area contributed by atoms with Gasteiger partial charge in [0, 0.05) is 13.0 Å². The number of nitrogens with two attached hydrogens (primary N) is 1. The molecule has 0 bridgehead atoms. The van der Waals surface area contributed by atoms with Crippen molar-refractivity contribution in [2.45, 2.75) is 64.3 Å². The molecular formula is C20H31N3O4. The number of aromatic hydroxyl groups is 1. The Kier molecular flexibility index (Phi) is 10.6. The van der Waals surface area contributed by atoms with Crippen LogP contribution in [0, 0.1) is 0 Å². The molecule has 0 unspecified atom stereocenters. The Bertz CT molecular complexity index is 602. The number of hydrogen-bond donors (Lipinski definition) is 4. The van der Waals surface area contributed by atoms with Crippen LogP contribution in [-0.2, 0) is 20.8 Å². The van der Waals surface area contributed by atoms with Crippen molar-refractivity contribution in [3.63, 3.8) is 0 Å². The van der Waals surface area contributed by atoms with Crippen molar-refractivity contribution < 1.29 is 19.5 Å². The van der Waals surface area contributed by atoms with E-state index in [1.807, 2.05) is 0 Å². The molecule has 3 amide bonds. The molecule has 0 aromatic heterocycles. The first-order chi connectivity index (χ1) is 12.9. The van der Waals surface area contributed by atoms with Gasteiger partial charge in [-0.2, -0.15) is 0 Å². The lowest BCUT2D eigenvalue weighted by Crippen LogP contribution is -2.47. The molecule has 1 aromatic carbocycles. The van der Waals surface area contributed by atoms with E-state index in [-0.39, 0.29) is 24.0 Å². The van der Waals surface area contributed by atoms with Gasteiger partial charge in [-0.25, -0.2) is 0 Å². The average molecular weight is 377 g/mol. The van der Waals surface area contributed by atoms with Crippen molar-refractivity contribution in [2.75, 3.05) is 6.54 Å². The van der Waals surface area contributed by atoms with Gasteiger partial charge in [-0.05, 0) is 30.5 Å². The van der Waals surface area contributed by atoms with Crippen LogP contribution < -0.4 is 16.4 Å². The Balaban J connectivity index is 2.31. The molecule has 0 saturated carbocycles. The highest BCUT2D eigenvalue weighted by Crippen LogP contribution is 2.09. The zero-order valence-electron chi connectivity index (χ0n) is 16.0. The van der Waals surface area contributed by atoms with Crippen LogP contribution in [0.3, 0.4) is 0 Å². The molecule has 0 aliphatic heterocycles. The van der Waals surface area contributed by atoms with Gasteiger partial charge < -0.3 is 21.5 Å². The number of nitrogens with one attached hydrogen (secondary N) is 2. The van der Waals surface area contributed by atoms with Crippen molar-refractivity contribution in [2.24, 2.45) is 5.73 Å². The third kappa shape index (κ3) is 10.2. The molecule has 0 heterocycles. The van der Waals surface area contributed by atoms with Crippen LogP contribution in [0.25, 0.3) is 0 Å². The molecule has 0 fully saturated rings. The van der Waals surface area contributed by atoms with E-state index in [4.69, 9.17) is 5.73 Å². The maximum absolute atomic E-state index is 12.0. The zero-order chi connectivity index (χ0) is 20.1. The number of amides is 3. The van der Waals surface area contributed by atoms with Crippen molar-refractivity contribution in [1.82, 2.24) is 10.6 Å². The quantitative estimate of drug-likeness (QED) is 0.391. The van der Waals surface area contributed by atoms with Crippen LogP contribution in [0.1, 0.15) is 57.4 Å². The van der Waals surface area contributed by atoms with E-state index in [0.29, 0.717) is 19.4 Å². The van der Waals surface area contributed by atoms with Crippen LogP contribution in [-0.4, -0.2) is 35.4 Å². The number of hydrogen-bond acceptors (Lipinski definition) is 4. The molecule has 1 rings (SSSR count). The molecule has 0 radical (unpaired) electrons. The van der Waals surface area contributed by atoms with Crippen molar-refractivity contribution in [3.8, 4) is 5.75 Å². The highest BCUT2D eigenvalue weighted by Gasteiger charge is 2.21. The first-order valence-electron chi connectivity index (χ1n) is 9.55. The van der Waals surface area contributed by atoms with E-state index >= 15 is 0 Å². The number of phenols is 1. The monoisotopic (exact) mass is 377 g/mol. The van der Waals surface area contributed by atoms with Gasteiger partial charge >= 0.3 is 0 Å². The topological polar surface area (TPSA) is 122 Å². The molecular weight excluding hydrogens is 346 g/mol. The summed E-state index contributed by atoms with van der Waals surface area (Å²) in [5.41, 5.74) is 6.27. The molecule has 0 spiro atoms. The van der Waals surface area contributed by atoms with E-state index in [0.717, 1.165) is 37.7 Å². The summed E-state index contributed by atoms with van der Waals surface area (Å²) in [5.74, 6) is -1.13. The highest BCUT2D eigenvalue weighted by molar-refractivity contribution is 5.91. The fourth-order valence-corrected chi connectivity index (χ4v) is 2.64. The van der Waals surface area contributed by atoms with E-state index < -0.39 is 11.9 Å². The van der Waals surface area contributed by atoms with Gasteiger partial charge in [-0.15, -0.1) is 0 Å². The summed E-state index contributed by atoms with van der Waals surface area (Å²) in [6.07, 6.45) is 5.86. The van der Waals surface area contributed by atoms with E-state index in [1.54, 1.807) is 24.3 Å². The van der Waals surface area contributed by atoms with Crippen LogP contribution in [0.5, 0.6) is 5.75 Å². The molecule has 1 aromatic rings. The maximum atomic E-state index is 12.0. The van der Waals surface area contributed by atoms with Gasteiger partial charge in [0.05, 0.1) is 6.42 Å². The fraction of sp³-hybridized carbons (Fsp3) is 0.550. The second-order valence-corrected chi connectivity index (χ2v) is 6.66. The van der Waals surface area contributed by atoms with Crippen LogP contribution >= 0.6 is 0 Å². The van der Waals surface area contributed by atoms with Crippen LogP contribution in [0.15, 0.2) is 24.3 Å². The van der Waals surface area contributed by atoms with Gasteiger partial charge in [-0.3, -0.25) is 14.4 Å². The first kappa shape index (κ1) is 22.5. The smallest absolute Gasteiger partial charge is 0.240 e. The summed E-state index contributed by atoms with van der Waals surface area (Å²) >= 11 is 0. The molecule has 0 saturated heterocycles.